The number of carbonyl (C=O) groups is 1. The highest BCUT2D eigenvalue weighted by molar-refractivity contribution is 6.31. The number of halogens is 1. The van der Waals surface area contributed by atoms with Crippen molar-refractivity contribution in [2.45, 2.75) is 12.8 Å². The molecule has 5 heteroatoms. The maximum atomic E-state index is 11.6. The molecular weight excluding hydrogens is 238 g/mol. The lowest BCUT2D eigenvalue weighted by atomic mass is 10.2. The van der Waals surface area contributed by atoms with Crippen LogP contribution >= 0.6 is 11.6 Å². The Morgan fingerprint density at radius 1 is 1.47 bits per heavy atom. The van der Waals surface area contributed by atoms with Crippen LogP contribution in [0.5, 0.6) is 0 Å². The molecule has 92 valence electrons. The first kappa shape index (κ1) is 12.2. The van der Waals surface area contributed by atoms with Gasteiger partial charge in [-0.05, 0) is 31.2 Å². The fourth-order valence-corrected chi connectivity index (χ4v) is 2.12. The fourth-order valence-electron chi connectivity index (χ4n) is 1.96. The van der Waals surface area contributed by atoms with E-state index in [1.807, 2.05) is 12.1 Å². The number of nitrogens with one attached hydrogen (secondary N) is 1. The van der Waals surface area contributed by atoms with Gasteiger partial charge in [-0.15, -0.1) is 0 Å². The summed E-state index contributed by atoms with van der Waals surface area (Å²) in [5.41, 5.74) is 7.34. The Kier molecular flexibility index (Phi) is 3.86. The summed E-state index contributed by atoms with van der Waals surface area (Å²) >= 11 is 6.00. The van der Waals surface area contributed by atoms with Gasteiger partial charge in [-0.25, -0.2) is 0 Å². The molecule has 0 atom stereocenters. The predicted molar refractivity (Wildman–Crippen MR) is 70.6 cm³/mol. The van der Waals surface area contributed by atoms with Gasteiger partial charge in [0.15, 0.2) is 0 Å². The minimum atomic E-state index is 0.0452. The average Bonchev–Trinajstić information content (AvgIpc) is 2.46. The third-order valence-corrected chi connectivity index (χ3v) is 3.05. The van der Waals surface area contributed by atoms with Crippen LogP contribution in [0, 0.1) is 0 Å². The Labute approximate surface area is 106 Å². The molecule has 1 aliphatic heterocycles. The second-order valence-electron chi connectivity index (χ2n) is 4.09. The molecule has 1 aliphatic rings. The first-order valence-corrected chi connectivity index (χ1v) is 6.13. The van der Waals surface area contributed by atoms with Crippen molar-refractivity contribution in [1.29, 1.82) is 0 Å². The summed E-state index contributed by atoms with van der Waals surface area (Å²) in [5.74, 6) is 0.0452. The maximum absolute atomic E-state index is 11.6. The van der Waals surface area contributed by atoms with E-state index in [2.05, 4.69) is 10.2 Å². The molecule has 0 spiro atoms. The molecule has 4 nitrogen and oxygen atoms in total. The van der Waals surface area contributed by atoms with Gasteiger partial charge >= 0.3 is 0 Å². The zero-order valence-electron chi connectivity index (χ0n) is 9.58. The van der Waals surface area contributed by atoms with Gasteiger partial charge in [0.05, 0.1) is 11.4 Å². The first-order chi connectivity index (χ1) is 8.20. The third kappa shape index (κ3) is 2.90. The van der Waals surface area contributed by atoms with E-state index < -0.39 is 0 Å². The summed E-state index contributed by atoms with van der Waals surface area (Å²) in [6.07, 6.45) is 1.40. The molecule has 0 unspecified atom stereocenters. The monoisotopic (exact) mass is 253 g/mol. The second-order valence-corrected chi connectivity index (χ2v) is 4.53. The molecule has 0 aliphatic carbocycles. The van der Waals surface area contributed by atoms with Crippen LogP contribution in [0.25, 0.3) is 0 Å². The lowest BCUT2D eigenvalue weighted by Gasteiger charge is -2.24. The molecular formula is C12H16ClN3O. The number of fused-ring (bicyclic) bond motifs is 1. The number of rotatable bonds is 3. The van der Waals surface area contributed by atoms with E-state index in [9.17, 15) is 4.79 Å². The maximum Gasteiger partial charge on any atom is 0.226 e. The molecule has 1 heterocycles. The zero-order valence-corrected chi connectivity index (χ0v) is 10.3. The van der Waals surface area contributed by atoms with Gasteiger partial charge in [0.25, 0.3) is 0 Å². The highest BCUT2D eigenvalue weighted by Crippen LogP contribution is 2.31. The molecule has 1 amide bonds. The molecule has 0 bridgehead atoms. The number of amides is 1. The minimum absolute atomic E-state index is 0.0452. The van der Waals surface area contributed by atoms with E-state index in [0.29, 0.717) is 24.5 Å². The molecule has 2 rings (SSSR count). The lowest BCUT2D eigenvalue weighted by Crippen LogP contribution is -2.27. The van der Waals surface area contributed by atoms with Gasteiger partial charge in [-0.3, -0.25) is 4.79 Å². The van der Waals surface area contributed by atoms with Crippen molar-refractivity contribution in [3.63, 3.8) is 0 Å². The minimum Gasteiger partial charge on any atom is -0.369 e. The zero-order chi connectivity index (χ0) is 12.3. The molecule has 0 saturated heterocycles. The van der Waals surface area contributed by atoms with Crippen molar-refractivity contribution in [1.82, 2.24) is 0 Å². The third-order valence-electron chi connectivity index (χ3n) is 2.82. The smallest absolute Gasteiger partial charge is 0.226 e. The number of nitrogens with zero attached hydrogens (tertiary/aromatic N) is 1. The van der Waals surface area contributed by atoms with Gasteiger partial charge in [0, 0.05) is 24.5 Å². The summed E-state index contributed by atoms with van der Waals surface area (Å²) in [5, 5.41) is 3.56. The Morgan fingerprint density at radius 2 is 2.29 bits per heavy atom. The van der Waals surface area contributed by atoms with Crippen molar-refractivity contribution in [2.24, 2.45) is 5.73 Å². The quantitative estimate of drug-likeness (QED) is 0.864. The SMILES string of the molecule is NCCCN1CCC(=O)Nc2ccc(Cl)cc21. The molecule has 0 saturated carbocycles. The summed E-state index contributed by atoms with van der Waals surface area (Å²) in [6.45, 7) is 2.20. The molecule has 0 fully saturated rings. The normalized spacial score (nSPS) is 15.2. The van der Waals surface area contributed by atoms with Crippen LogP contribution in [0.2, 0.25) is 5.02 Å². The highest BCUT2D eigenvalue weighted by atomic mass is 35.5. The fraction of sp³-hybridized carbons (Fsp3) is 0.417. The van der Waals surface area contributed by atoms with Crippen LogP contribution in [-0.4, -0.2) is 25.5 Å². The van der Waals surface area contributed by atoms with Crippen LogP contribution in [0.3, 0.4) is 0 Å². The summed E-state index contributed by atoms with van der Waals surface area (Å²) in [4.78, 5) is 13.7. The lowest BCUT2D eigenvalue weighted by molar-refractivity contribution is -0.115. The largest absolute Gasteiger partial charge is 0.369 e. The van der Waals surface area contributed by atoms with Gasteiger partial charge in [-0.1, -0.05) is 11.6 Å². The van der Waals surface area contributed by atoms with E-state index in [4.69, 9.17) is 17.3 Å². The summed E-state index contributed by atoms with van der Waals surface area (Å²) in [6, 6.07) is 5.52. The Balaban J connectivity index is 2.30. The number of benzene rings is 1. The standard InChI is InChI=1S/C12H16ClN3O/c13-9-2-3-10-11(8-9)16(6-1-5-14)7-4-12(17)15-10/h2-3,8H,1,4-7,14H2,(H,15,17). The van der Waals surface area contributed by atoms with Crippen LogP contribution in [-0.2, 0) is 4.79 Å². The number of hydrogen-bond donors (Lipinski definition) is 2. The topological polar surface area (TPSA) is 58.4 Å². The molecule has 0 aromatic heterocycles. The van der Waals surface area contributed by atoms with Crippen molar-refractivity contribution in [2.75, 3.05) is 29.9 Å². The number of hydrogen-bond acceptors (Lipinski definition) is 3. The highest BCUT2D eigenvalue weighted by Gasteiger charge is 2.18. The van der Waals surface area contributed by atoms with E-state index >= 15 is 0 Å². The van der Waals surface area contributed by atoms with E-state index in [1.165, 1.54) is 0 Å². The van der Waals surface area contributed by atoms with Crippen molar-refractivity contribution in [3.8, 4) is 0 Å². The van der Waals surface area contributed by atoms with Gasteiger partial charge < -0.3 is 16.0 Å². The van der Waals surface area contributed by atoms with Gasteiger partial charge in [0.2, 0.25) is 5.91 Å². The Bertz CT molecular complexity index is 422. The van der Waals surface area contributed by atoms with Crippen LogP contribution in [0.1, 0.15) is 12.8 Å². The van der Waals surface area contributed by atoms with Gasteiger partial charge in [-0.2, -0.15) is 0 Å². The first-order valence-electron chi connectivity index (χ1n) is 5.75. The Hall–Kier alpha value is -1.26. The summed E-state index contributed by atoms with van der Waals surface area (Å²) < 4.78 is 0. The molecule has 17 heavy (non-hydrogen) atoms. The van der Waals surface area contributed by atoms with Gasteiger partial charge in [0.1, 0.15) is 0 Å². The average molecular weight is 254 g/mol. The predicted octanol–water partition coefficient (Wildman–Crippen LogP) is 1.84. The van der Waals surface area contributed by atoms with Crippen LogP contribution < -0.4 is 16.0 Å². The van der Waals surface area contributed by atoms with Crippen molar-refractivity contribution in [3.05, 3.63) is 23.2 Å². The second kappa shape index (κ2) is 5.38. The Morgan fingerprint density at radius 3 is 3.06 bits per heavy atom. The molecule has 0 radical (unpaired) electrons. The molecule has 3 N–H and O–H groups in total. The number of carbonyl (C=O) groups excluding carboxylic acids is 1. The number of nitrogens with two attached hydrogens (primary N) is 1. The molecule has 1 aromatic carbocycles. The molecule has 1 aromatic rings. The van der Waals surface area contributed by atoms with Crippen LogP contribution in [0.4, 0.5) is 11.4 Å². The summed E-state index contributed by atoms with van der Waals surface area (Å²) in [7, 11) is 0. The van der Waals surface area contributed by atoms with Crippen LogP contribution in [0.15, 0.2) is 18.2 Å². The van der Waals surface area contributed by atoms with E-state index in [0.717, 1.165) is 24.3 Å². The van der Waals surface area contributed by atoms with E-state index in [1.54, 1.807) is 6.07 Å². The van der Waals surface area contributed by atoms with Crippen molar-refractivity contribution < 1.29 is 4.79 Å². The number of anilines is 2. The van der Waals surface area contributed by atoms with E-state index in [-0.39, 0.29) is 5.91 Å². The van der Waals surface area contributed by atoms with Crippen molar-refractivity contribution >= 4 is 28.9 Å².